The van der Waals surface area contributed by atoms with Crippen LogP contribution in [-0.4, -0.2) is 17.6 Å². The third kappa shape index (κ3) is 3.87. The first-order valence-electron chi connectivity index (χ1n) is 6.86. The topological polar surface area (TPSA) is 62.5 Å². The highest BCUT2D eigenvalue weighted by molar-refractivity contribution is 6.33. The summed E-state index contributed by atoms with van der Waals surface area (Å²) in [5, 5.41) is 12.8. The minimum Gasteiger partial charge on any atom is -0.466 e. The molecule has 4 nitrogen and oxygen atoms in total. The Morgan fingerprint density at radius 3 is 2.73 bits per heavy atom. The number of furan rings is 1. The van der Waals surface area contributed by atoms with Crippen molar-refractivity contribution in [2.45, 2.75) is 26.4 Å². The zero-order chi connectivity index (χ0) is 16.3. The van der Waals surface area contributed by atoms with Gasteiger partial charge in [0.25, 0.3) is 5.91 Å². The van der Waals surface area contributed by atoms with E-state index in [4.69, 9.17) is 16.0 Å². The second-order valence-corrected chi connectivity index (χ2v) is 5.46. The van der Waals surface area contributed by atoms with Crippen LogP contribution in [0.2, 0.25) is 5.02 Å². The Labute approximate surface area is 132 Å². The fraction of sp³-hybridized carbons (Fsp3) is 0.312. The highest BCUT2D eigenvalue weighted by Gasteiger charge is 2.15. The van der Waals surface area contributed by atoms with Crippen LogP contribution in [0.15, 0.2) is 28.7 Å². The van der Waals surface area contributed by atoms with Crippen molar-refractivity contribution >= 4 is 17.5 Å². The van der Waals surface area contributed by atoms with Crippen molar-refractivity contribution in [3.8, 4) is 0 Å². The molecule has 6 heteroatoms. The molecule has 0 aliphatic carbocycles. The van der Waals surface area contributed by atoms with Gasteiger partial charge in [-0.15, -0.1) is 0 Å². The Morgan fingerprint density at radius 1 is 1.41 bits per heavy atom. The smallest absolute Gasteiger partial charge is 0.252 e. The summed E-state index contributed by atoms with van der Waals surface area (Å²) in [6, 6.07) is 5.36. The summed E-state index contributed by atoms with van der Waals surface area (Å²) in [5.41, 5.74) is 0.916. The van der Waals surface area contributed by atoms with Crippen molar-refractivity contribution < 1.29 is 18.7 Å². The average molecular weight is 326 g/mol. The predicted octanol–water partition coefficient (Wildman–Crippen LogP) is 3.54. The normalized spacial score (nSPS) is 12.2. The molecular formula is C16H17ClFNO3. The van der Waals surface area contributed by atoms with Gasteiger partial charge in [-0.2, -0.15) is 0 Å². The van der Waals surface area contributed by atoms with Crippen molar-refractivity contribution in [3.05, 3.63) is 57.8 Å². The fourth-order valence-corrected chi connectivity index (χ4v) is 2.48. The van der Waals surface area contributed by atoms with Crippen molar-refractivity contribution in [2.75, 3.05) is 6.54 Å². The van der Waals surface area contributed by atoms with E-state index >= 15 is 0 Å². The van der Waals surface area contributed by atoms with Crippen LogP contribution in [0.5, 0.6) is 0 Å². The molecule has 1 aromatic heterocycles. The minimum atomic E-state index is -0.721. The first-order chi connectivity index (χ1) is 10.4. The SMILES string of the molecule is Cc1cc(C(O)CCNC(=O)c2ccc(F)cc2Cl)c(C)o1. The fourth-order valence-electron chi connectivity index (χ4n) is 2.23. The molecule has 0 fully saturated rings. The molecule has 2 N–H and O–H groups in total. The molecule has 2 aromatic rings. The first kappa shape index (κ1) is 16.5. The van der Waals surface area contributed by atoms with E-state index < -0.39 is 17.8 Å². The number of nitrogens with one attached hydrogen (secondary N) is 1. The third-order valence-electron chi connectivity index (χ3n) is 3.32. The Balaban J connectivity index is 1.90. The predicted molar refractivity (Wildman–Crippen MR) is 81.5 cm³/mol. The van der Waals surface area contributed by atoms with Gasteiger partial charge in [0.15, 0.2) is 0 Å². The van der Waals surface area contributed by atoms with Crippen LogP contribution < -0.4 is 5.32 Å². The lowest BCUT2D eigenvalue weighted by atomic mass is 10.1. The summed E-state index contributed by atoms with van der Waals surface area (Å²) in [7, 11) is 0. The van der Waals surface area contributed by atoms with Crippen molar-refractivity contribution in [3.63, 3.8) is 0 Å². The molecule has 0 radical (unpaired) electrons. The van der Waals surface area contributed by atoms with Gasteiger partial charge in [0, 0.05) is 12.1 Å². The highest BCUT2D eigenvalue weighted by atomic mass is 35.5. The number of carbonyl (C=O) groups is 1. The zero-order valence-electron chi connectivity index (χ0n) is 12.3. The molecule has 0 saturated heterocycles. The molecule has 0 bridgehead atoms. The van der Waals surface area contributed by atoms with E-state index in [9.17, 15) is 14.3 Å². The molecule has 118 valence electrons. The van der Waals surface area contributed by atoms with Gasteiger partial charge in [0.05, 0.1) is 16.7 Å². The minimum absolute atomic E-state index is 0.0550. The maximum atomic E-state index is 12.9. The number of rotatable bonds is 5. The zero-order valence-corrected chi connectivity index (χ0v) is 13.1. The van der Waals surface area contributed by atoms with E-state index in [2.05, 4.69) is 5.32 Å². The molecule has 0 aliphatic rings. The van der Waals surface area contributed by atoms with Crippen LogP contribution in [0, 0.1) is 19.7 Å². The molecule has 1 unspecified atom stereocenters. The van der Waals surface area contributed by atoms with E-state index in [0.717, 1.165) is 11.8 Å². The van der Waals surface area contributed by atoms with Gasteiger partial charge in [0.1, 0.15) is 17.3 Å². The number of aliphatic hydroxyl groups is 1. The van der Waals surface area contributed by atoms with E-state index in [0.29, 0.717) is 17.7 Å². The second-order valence-electron chi connectivity index (χ2n) is 5.05. The van der Waals surface area contributed by atoms with Crippen LogP contribution in [0.3, 0.4) is 0 Å². The van der Waals surface area contributed by atoms with Gasteiger partial charge >= 0.3 is 0 Å². The maximum absolute atomic E-state index is 12.9. The van der Waals surface area contributed by atoms with Gasteiger partial charge in [-0.25, -0.2) is 4.39 Å². The number of aryl methyl sites for hydroxylation is 2. The molecule has 1 heterocycles. The number of benzene rings is 1. The number of aliphatic hydroxyl groups excluding tert-OH is 1. The third-order valence-corrected chi connectivity index (χ3v) is 3.63. The Hall–Kier alpha value is -1.85. The molecular weight excluding hydrogens is 309 g/mol. The lowest BCUT2D eigenvalue weighted by Gasteiger charge is -2.11. The molecule has 1 atom stereocenters. The van der Waals surface area contributed by atoms with Crippen LogP contribution in [-0.2, 0) is 0 Å². The second kappa shape index (κ2) is 6.94. The molecule has 22 heavy (non-hydrogen) atoms. The average Bonchev–Trinajstić information content (AvgIpc) is 2.77. The van der Waals surface area contributed by atoms with Crippen LogP contribution in [0.4, 0.5) is 4.39 Å². The van der Waals surface area contributed by atoms with E-state index in [-0.39, 0.29) is 17.1 Å². The molecule has 1 amide bonds. The molecule has 1 aromatic carbocycles. The standard InChI is InChI=1S/C16H17ClFNO3/c1-9-7-13(10(2)22-9)15(20)5-6-19-16(21)12-4-3-11(18)8-14(12)17/h3-4,7-8,15,20H,5-6H2,1-2H3,(H,19,21). The Morgan fingerprint density at radius 2 is 2.14 bits per heavy atom. The van der Waals surface area contributed by atoms with E-state index in [1.807, 2.05) is 6.92 Å². The summed E-state index contributed by atoms with van der Waals surface area (Å²) in [6.45, 7) is 3.85. The Kier molecular flexibility index (Phi) is 5.21. The number of carbonyl (C=O) groups excluding carboxylic acids is 1. The molecule has 0 saturated carbocycles. The van der Waals surface area contributed by atoms with E-state index in [1.165, 1.54) is 12.1 Å². The quantitative estimate of drug-likeness (QED) is 0.883. The van der Waals surface area contributed by atoms with Crippen molar-refractivity contribution in [2.24, 2.45) is 0 Å². The summed E-state index contributed by atoms with van der Waals surface area (Å²) < 4.78 is 18.3. The van der Waals surface area contributed by atoms with Gasteiger partial charge in [0.2, 0.25) is 0 Å². The first-order valence-corrected chi connectivity index (χ1v) is 7.24. The largest absolute Gasteiger partial charge is 0.466 e. The van der Waals surface area contributed by atoms with Crippen LogP contribution in [0.25, 0.3) is 0 Å². The van der Waals surface area contributed by atoms with Gasteiger partial charge in [-0.05, 0) is 44.5 Å². The van der Waals surface area contributed by atoms with E-state index in [1.54, 1.807) is 13.0 Å². The van der Waals surface area contributed by atoms with Gasteiger partial charge in [-0.3, -0.25) is 4.79 Å². The molecule has 2 rings (SSSR count). The van der Waals surface area contributed by atoms with Crippen molar-refractivity contribution in [1.82, 2.24) is 5.32 Å². The maximum Gasteiger partial charge on any atom is 0.252 e. The number of hydrogen-bond donors (Lipinski definition) is 2. The highest BCUT2D eigenvalue weighted by Crippen LogP contribution is 2.23. The summed E-state index contributed by atoms with van der Waals surface area (Å²) in [5.74, 6) is 0.492. The number of hydrogen-bond acceptors (Lipinski definition) is 3. The van der Waals surface area contributed by atoms with Crippen LogP contribution in [0.1, 0.15) is 40.0 Å². The van der Waals surface area contributed by atoms with Crippen LogP contribution >= 0.6 is 11.6 Å². The Bertz CT molecular complexity index is 684. The lowest BCUT2D eigenvalue weighted by Crippen LogP contribution is -2.26. The van der Waals surface area contributed by atoms with Gasteiger partial charge in [-0.1, -0.05) is 11.6 Å². The summed E-state index contributed by atoms with van der Waals surface area (Å²) in [4.78, 5) is 11.9. The number of amides is 1. The van der Waals surface area contributed by atoms with Crippen molar-refractivity contribution in [1.29, 1.82) is 0 Å². The molecule has 0 aliphatic heterocycles. The summed E-state index contributed by atoms with van der Waals surface area (Å²) in [6.07, 6.45) is -0.383. The lowest BCUT2D eigenvalue weighted by molar-refractivity contribution is 0.0942. The van der Waals surface area contributed by atoms with Gasteiger partial charge < -0.3 is 14.8 Å². The summed E-state index contributed by atoms with van der Waals surface area (Å²) >= 11 is 5.82. The molecule has 0 spiro atoms. The number of halogens is 2. The monoisotopic (exact) mass is 325 g/mol.